The van der Waals surface area contributed by atoms with Crippen molar-refractivity contribution in [1.29, 1.82) is 0 Å². The zero-order chi connectivity index (χ0) is 15.0. The number of phenolic OH excluding ortho intramolecular Hbond substituents is 1. The Kier molecular flexibility index (Phi) is 3.40. The molecule has 0 atom stereocenters. The van der Waals surface area contributed by atoms with Gasteiger partial charge in [-0.15, -0.1) is 0 Å². The lowest BCUT2D eigenvalue weighted by molar-refractivity contribution is 0.0689. The van der Waals surface area contributed by atoms with Crippen molar-refractivity contribution in [2.45, 2.75) is 13.8 Å². The number of hydrogen-bond donors (Lipinski definition) is 2. The molecule has 6 heteroatoms. The fourth-order valence-electron chi connectivity index (χ4n) is 2.34. The Balaban J connectivity index is 2.73. The molecule has 0 spiro atoms. The highest BCUT2D eigenvalue weighted by atomic mass is 16.5. The second-order valence-corrected chi connectivity index (χ2v) is 4.61. The molecular formula is C14H16N2O4. The van der Waals surface area contributed by atoms with Crippen molar-refractivity contribution in [2.75, 3.05) is 7.11 Å². The van der Waals surface area contributed by atoms with Crippen molar-refractivity contribution in [2.24, 2.45) is 7.05 Å². The zero-order valence-electron chi connectivity index (χ0n) is 11.8. The van der Waals surface area contributed by atoms with E-state index in [9.17, 15) is 9.90 Å². The van der Waals surface area contributed by atoms with Crippen molar-refractivity contribution in [1.82, 2.24) is 9.78 Å². The van der Waals surface area contributed by atoms with E-state index in [0.29, 0.717) is 17.0 Å². The molecule has 20 heavy (non-hydrogen) atoms. The number of carboxylic acid groups (broad SMARTS) is 1. The topological polar surface area (TPSA) is 84.6 Å². The summed E-state index contributed by atoms with van der Waals surface area (Å²) < 4.78 is 6.62. The molecule has 0 saturated heterocycles. The first-order chi connectivity index (χ1) is 9.36. The van der Waals surface area contributed by atoms with Crippen LogP contribution in [0.15, 0.2) is 12.1 Å². The van der Waals surface area contributed by atoms with Crippen LogP contribution in [0.3, 0.4) is 0 Å². The number of aromatic hydroxyl groups is 1. The fourth-order valence-corrected chi connectivity index (χ4v) is 2.34. The molecule has 2 aromatic rings. The van der Waals surface area contributed by atoms with Crippen molar-refractivity contribution < 1.29 is 19.7 Å². The molecule has 0 bridgehead atoms. The number of rotatable bonds is 3. The second-order valence-electron chi connectivity index (χ2n) is 4.61. The van der Waals surface area contributed by atoms with Crippen LogP contribution in [0.5, 0.6) is 11.5 Å². The molecule has 0 aliphatic heterocycles. The van der Waals surface area contributed by atoms with Crippen LogP contribution in [0, 0.1) is 13.8 Å². The van der Waals surface area contributed by atoms with Gasteiger partial charge in [-0.05, 0) is 31.0 Å². The number of benzene rings is 1. The van der Waals surface area contributed by atoms with Crippen molar-refractivity contribution in [3.8, 4) is 22.8 Å². The van der Waals surface area contributed by atoms with Crippen molar-refractivity contribution in [3.05, 3.63) is 29.0 Å². The third-order valence-corrected chi connectivity index (χ3v) is 3.20. The van der Waals surface area contributed by atoms with Crippen LogP contribution in [0.4, 0.5) is 0 Å². The van der Waals surface area contributed by atoms with E-state index in [-0.39, 0.29) is 11.4 Å². The molecule has 0 saturated carbocycles. The number of aryl methyl sites for hydroxylation is 3. The summed E-state index contributed by atoms with van der Waals surface area (Å²) in [5.74, 6) is -0.739. The molecule has 2 rings (SSSR count). The van der Waals surface area contributed by atoms with Gasteiger partial charge < -0.3 is 14.9 Å². The molecule has 0 fully saturated rings. The Morgan fingerprint density at radius 2 is 1.95 bits per heavy atom. The summed E-state index contributed by atoms with van der Waals surface area (Å²) in [6.07, 6.45) is 0. The quantitative estimate of drug-likeness (QED) is 0.897. The van der Waals surface area contributed by atoms with Crippen LogP contribution in [-0.4, -0.2) is 33.1 Å². The van der Waals surface area contributed by atoms with E-state index in [0.717, 1.165) is 11.1 Å². The molecule has 0 aliphatic carbocycles. The van der Waals surface area contributed by atoms with Crippen LogP contribution in [0.2, 0.25) is 0 Å². The Morgan fingerprint density at radius 3 is 2.45 bits per heavy atom. The van der Waals surface area contributed by atoms with E-state index < -0.39 is 5.97 Å². The highest BCUT2D eigenvalue weighted by Gasteiger charge is 2.20. The first-order valence-corrected chi connectivity index (χ1v) is 6.01. The fraction of sp³-hybridized carbons (Fsp3) is 0.286. The molecule has 0 radical (unpaired) electrons. The maximum Gasteiger partial charge on any atom is 0.356 e. The van der Waals surface area contributed by atoms with Gasteiger partial charge in [-0.1, -0.05) is 6.07 Å². The third kappa shape index (κ3) is 2.09. The number of phenols is 1. The Hall–Kier alpha value is -2.50. The number of aromatic nitrogens is 2. The summed E-state index contributed by atoms with van der Waals surface area (Å²) in [7, 11) is 3.11. The van der Waals surface area contributed by atoms with E-state index >= 15 is 0 Å². The van der Waals surface area contributed by atoms with Gasteiger partial charge in [0.2, 0.25) is 0 Å². The number of methoxy groups -OCH3 is 1. The lowest BCUT2D eigenvalue weighted by atomic mass is 10.00. The molecule has 1 heterocycles. The van der Waals surface area contributed by atoms with E-state index in [1.807, 2.05) is 19.9 Å². The molecule has 1 aromatic carbocycles. The zero-order valence-corrected chi connectivity index (χ0v) is 11.8. The lowest BCUT2D eigenvalue weighted by Crippen LogP contribution is -2.00. The predicted octanol–water partition coefficient (Wildman–Crippen LogP) is 2.12. The standard InChI is InChI=1S/C14H16N2O4/c1-7-5-8(2)13(20-4)12(17)11(7)10-6-9(14(18)19)15-16(10)3/h5-6,17H,1-4H3,(H,18,19). The molecule has 2 N–H and O–H groups in total. The number of aromatic carboxylic acids is 1. The number of ether oxygens (including phenoxy) is 1. The van der Waals surface area contributed by atoms with Crippen LogP contribution >= 0.6 is 0 Å². The highest BCUT2D eigenvalue weighted by molar-refractivity contribution is 5.88. The minimum Gasteiger partial charge on any atom is -0.504 e. The smallest absolute Gasteiger partial charge is 0.356 e. The normalized spacial score (nSPS) is 10.6. The molecule has 106 valence electrons. The lowest BCUT2D eigenvalue weighted by Gasteiger charge is -2.14. The number of carboxylic acids is 1. The van der Waals surface area contributed by atoms with Crippen LogP contribution in [-0.2, 0) is 7.05 Å². The van der Waals surface area contributed by atoms with Gasteiger partial charge in [0.25, 0.3) is 0 Å². The minimum atomic E-state index is -1.11. The average molecular weight is 276 g/mol. The highest BCUT2D eigenvalue weighted by Crippen LogP contribution is 2.41. The van der Waals surface area contributed by atoms with E-state index in [1.54, 1.807) is 7.05 Å². The number of carbonyl (C=O) groups is 1. The van der Waals surface area contributed by atoms with Gasteiger partial charge in [-0.3, -0.25) is 4.68 Å². The van der Waals surface area contributed by atoms with Crippen LogP contribution < -0.4 is 4.74 Å². The first-order valence-electron chi connectivity index (χ1n) is 6.01. The summed E-state index contributed by atoms with van der Waals surface area (Å²) in [6.45, 7) is 3.68. The van der Waals surface area contributed by atoms with Gasteiger partial charge in [0.1, 0.15) is 0 Å². The monoisotopic (exact) mass is 276 g/mol. The molecular weight excluding hydrogens is 260 g/mol. The van der Waals surface area contributed by atoms with Crippen LogP contribution in [0.1, 0.15) is 21.6 Å². The molecule has 1 aromatic heterocycles. The van der Waals surface area contributed by atoms with E-state index in [2.05, 4.69) is 5.10 Å². The average Bonchev–Trinajstić information content (AvgIpc) is 2.72. The number of hydrogen-bond acceptors (Lipinski definition) is 4. The Bertz CT molecular complexity index is 689. The summed E-state index contributed by atoms with van der Waals surface area (Å²) in [6, 6.07) is 3.31. The SMILES string of the molecule is COc1c(C)cc(C)c(-c2cc(C(=O)O)nn2C)c1O. The Morgan fingerprint density at radius 1 is 1.30 bits per heavy atom. The van der Waals surface area contributed by atoms with Gasteiger partial charge in [0, 0.05) is 12.6 Å². The summed E-state index contributed by atoms with van der Waals surface area (Å²) in [4.78, 5) is 11.0. The molecule has 0 unspecified atom stereocenters. The molecule has 0 amide bonds. The second kappa shape index (κ2) is 4.88. The Labute approximate surface area is 116 Å². The van der Waals surface area contributed by atoms with Gasteiger partial charge in [0.05, 0.1) is 12.8 Å². The van der Waals surface area contributed by atoms with Crippen molar-refractivity contribution >= 4 is 5.97 Å². The molecule has 0 aliphatic rings. The van der Waals surface area contributed by atoms with Gasteiger partial charge >= 0.3 is 5.97 Å². The maximum atomic E-state index is 11.0. The van der Waals surface area contributed by atoms with E-state index in [1.165, 1.54) is 17.9 Å². The largest absolute Gasteiger partial charge is 0.504 e. The van der Waals surface area contributed by atoms with Gasteiger partial charge in [-0.2, -0.15) is 5.10 Å². The maximum absolute atomic E-state index is 11.0. The first kappa shape index (κ1) is 13.9. The predicted molar refractivity (Wildman–Crippen MR) is 73.3 cm³/mol. The molecule has 6 nitrogen and oxygen atoms in total. The summed E-state index contributed by atoms with van der Waals surface area (Å²) in [5.41, 5.74) is 2.61. The van der Waals surface area contributed by atoms with Crippen LogP contribution in [0.25, 0.3) is 11.3 Å². The van der Waals surface area contributed by atoms with Gasteiger partial charge in [-0.25, -0.2) is 4.79 Å². The minimum absolute atomic E-state index is 0.00932. The van der Waals surface area contributed by atoms with E-state index in [4.69, 9.17) is 9.84 Å². The number of nitrogens with zero attached hydrogens (tertiary/aromatic N) is 2. The summed E-state index contributed by atoms with van der Waals surface area (Å²) >= 11 is 0. The third-order valence-electron chi connectivity index (χ3n) is 3.20. The summed E-state index contributed by atoms with van der Waals surface area (Å²) in [5, 5.41) is 23.3. The van der Waals surface area contributed by atoms with Crippen molar-refractivity contribution in [3.63, 3.8) is 0 Å². The van der Waals surface area contributed by atoms with Gasteiger partial charge in [0.15, 0.2) is 17.2 Å².